The van der Waals surface area contributed by atoms with Gasteiger partial charge in [0.25, 0.3) is 5.91 Å². The molecule has 3 nitrogen and oxygen atoms in total. The first-order valence-corrected chi connectivity index (χ1v) is 6.28. The average Bonchev–Trinajstić information content (AvgIpc) is 2.91. The van der Waals surface area contributed by atoms with Crippen LogP contribution in [0.2, 0.25) is 0 Å². The molecule has 0 spiro atoms. The fourth-order valence-corrected chi connectivity index (χ4v) is 2.32. The van der Waals surface area contributed by atoms with Crippen molar-refractivity contribution in [3.8, 4) is 0 Å². The molecule has 88 valence electrons. The number of hydrogen-bond donors (Lipinski definition) is 0. The van der Waals surface area contributed by atoms with Gasteiger partial charge in [-0.1, -0.05) is 6.07 Å². The molecule has 1 atom stereocenters. The monoisotopic (exact) mass is 246 g/mol. The van der Waals surface area contributed by atoms with Crippen LogP contribution < -0.4 is 0 Å². The number of pyridine rings is 1. The minimum Gasteiger partial charge on any atom is -0.334 e. The van der Waals surface area contributed by atoms with Crippen molar-refractivity contribution >= 4 is 17.2 Å². The lowest BCUT2D eigenvalue weighted by atomic mass is 10.1. The van der Waals surface area contributed by atoms with Crippen molar-refractivity contribution in [3.63, 3.8) is 0 Å². The summed E-state index contributed by atoms with van der Waals surface area (Å²) in [5.41, 5.74) is 1.09. The van der Waals surface area contributed by atoms with Crippen molar-refractivity contribution in [2.45, 2.75) is 13.0 Å². The Labute approximate surface area is 105 Å². The fraction of sp³-hybridized carbons (Fsp3) is 0.231. The van der Waals surface area contributed by atoms with Crippen molar-refractivity contribution < 1.29 is 4.79 Å². The van der Waals surface area contributed by atoms with E-state index in [9.17, 15) is 4.79 Å². The summed E-state index contributed by atoms with van der Waals surface area (Å²) >= 11 is 1.47. The molecule has 0 saturated heterocycles. The van der Waals surface area contributed by atoms with Gasteiger partial charge in [-0.3, -0.25) is 9.78 Å². The van der Waals surface area contributed by atoms with E-state index in [2.05, 4.69) is 4.98 Å². The van der Waals surface area contributed by atoms with Crippen LogP contribution in [0.1, 0.15) is 28.2 Å². The number of aromatic nitrogens is 1. The molecule has 2 aromatic rings. The molecular weight excluding hydrogens is 232 g/mol. The van der Waals surface area contributed by atoms with Gasteiger partial charge in [0.1, 0.15) is 0 Å². The Bertz CT molecular complexity index is 481. The largest absolute Gasteiger partial charge is 0.334 e. The van der Waals surface area contributed by atoms with E-state index < -0.39 is 0 Å². The average molecular weight is 246 g/mol. The number of hydrogen-bond acceptors (Lipinski definition) is 3. The standard InChI is InChI=1S/C13H14N2OS/c1-10(11-5-7-14-8-6-11)15(2)13(16)12-4-3-9-17-12/h3-10H,1-2H3. The molecule has 0 aliphatic heterocycles. The van der Waals surface area contributed by atoms with Crippen LogP contribution in [0.15, 0.2) is 42.0 Å². The SMILES string of the molecule is CC(c1ccncc1)N(C)C(=O)c1cccs1. The van der Waals surface area contributed by atoms with Crippen molar-refractivity contribution in [3.05, 3.63) is 52.5 Å². The summed E-state index contributed by atoms with van der Waals surface area (Å²) in [4.78, 5) is 18.6. The summed E-state index contributed by atoms with van der Waals surface area (Å²) in [5.74, 6) is 0.0595. The number of carbonyl (C=O) groups excluding carboxylic acids is 1. The molecule has 0 fully saturated rings. The van der Waals surface area contributed by atoms with Gasteiger partial charge in [-0.25, -0.2) is 0 Å². The first-order chi connectivity index (χ1) is 8.20. The molecule has 2 rings (SSSR count). The molecule has 0 aliphatic rings. The topological polar surface area (TPSA) is 33.2 Å². The summed E-state index contributed by atoms with van der Waals surface area (Å²) in [7, 11) is 1.83. The number of rotatable bonds is 3. The molecule has 0 N–H and O–H groups in total. The number of carbonyl (C=O) groups is 1. The normalized spacial score (nSPS) is 12.1. The maximum atomic E-state index is 12.1. The van der Waals surface area contributed by atoms with E-state index >= 15 is 0 Å². The van der Waals surface area contributed by atoms with E-state index in [4.69, 9.17) is 0 Å². The van der Waals surface area contributed by atoms with E-state index in [1.807, 2.05) is 43.6 Å². The van der Waals surface area contributed by atoms with Gasteiger partial charge in [-0.15, -0.1) is 11.3 Å². The summed E-state index contributed by atoms with van der Waals surface area (Å²) < 4.78 is 0. The highest BCUT2D eigenvalue weighted by atomic mass is 32.1. The molecule has 0 aromatic carbocycles. The van der Waals surface area contributed by atoms with E-state index in [0.717, 1.165) is 10.4 Å². The van der Waals surface area contributed by atoms with Crippen LogP contribution in [0.25, 0.3) is 0 Å². The van der Waals surface area contributed by atoms with Gasteiger partial charge in [-0.2, -0.15) is 0 Å². The minimum atomic E-state index is 0.0487. The molecular formula is C13H14N2OS. The Kier molecular flexibility index (Phi) is 3.54. The first-order valence-electron chi connectivity index (χ1n) is 5.40. The highest BCUT2D eigenvalue weighted by molar-refractivity contribution is 7.12. The number of amides is 1. The highest BCUT2D eigenvalue weighted by Crippen LogP contribution is 2.21. The smallest absolute Gasteiger partial charge is 0.264 e. The number of nitrogens with zero attached hydrogens (tertiary/aromatic N) is 2. The summed E-state index contributed by atoms with van der Waals surface area (Å²) in [6, 6.07) is 7.66. The van der Waals surface area contributed by atoms with Crippen LogP contribution in [0, 0.1) is 0 Å². The lowest BCUT2D eigenvalue weighted by Gasteiger charge is -2.24. The van der Waals surface area contributed by atoms with Gasteiger partial charge >= 0.3 is 0 Å². The van der Waals surface area contributed by atoms with Crippen LogP contribution in [-0.4, -0.2) is 22.8 Å². The van der Waals surface area contributed by atoms with Gasteiger partial charge in [0.15, 0.2) is 0 Å². The third-order valence-electron chi connectivity index (χ3n) is 2.82. The summed E-state index contributed by atoms with van der Waals surface area (Å²) in [5, 5.41) is 1.91. The Balaban J connectivity index is 2.15. The molecule has 0 radical (unpaired) electrons. The lowest BCUT2D eigenvalue weighted by molar-refractivity contribution is 0.0747. The van der Waals surface area contributed by atoms with Crippen molar-refractivity contribution in [2.24, 2.45) is 0 Å². The van der Waals surface area contributed by atoms with Crippen LogP contribution in [0.4, 0.5) is 0 Å². The van der Waals surface area contributed by atoms with Crippen LogP contribution in [0.5, 0.6) is 0 Å². The Morgan fingerprint density at radius 3 is 2.65 bits per heavy atom. The van der Waals surface area contributed by atoms with E-state index in [1.165, 1.54) is 11.3 Å². The third-order valence-corrected chi connectivity index (χ3v) is 3.68. The molecule has 1 unspecified atom stereocenters. The summed E-state index contributed by atoms with van der Waals surface area (Å²) in [6.45, 7) is 2.01. The Hall–Kier alpha value is -1.68. The highest BCUT2D eigenvalue weighted by Gasteiger charge is 2.19. The third kappa shape index (κ3) is 2.53. The van der Waals surface area contributed by atoms with Gasteiger partial charge < -0.3 is 4.90 Å². The van der Waals surface area contributed by atoms with Crippen molar-refractivity contribution in [1.29, 1.82) is 0 Å². The van der Waals surface area contributed by atoms with E-state index in [0.29, 0.717) is 0 Å². The van der Waals surface area contributed by atoms with Crippen LogP contribution >= 0.6 is 11.3 Å². The van der Waals surface area contributed by atoms with Gasteiger partial charge in [0.05, 0.1) is 10.9 Å². The molecule has 1 amide bonds. The van der Waals surface area contributed by atoms with E-state index in [1.54, 1.807) is 17.3 Å². The molecule has 0 saturated carbocycles. The predicted octanol–water partition coefficient (Wildman–Crippen LogP) is 2.98. The fourth-order valence-electron chi connectivity index (χ4n) is 1.62. The second-order valence-corrected chi connectivity index (χ2v) is 4.80. The zero-order valence-corrected chi connectivity index (χ0v) is 10.6. The zero-order valence-electron chi connectivity index (χ0n) is 9.83. The Morgan fingerprint density at radius 2 is 2.06 bits per heavy atom. The second-order valence-electron chi connectivity index (χ2n) is 3.85. The summed E-state index contributed by atoms with van der Waals surface area (Å²) in [6.07, 6.45) is 3.49. The van der Waals surface area contributed by atoms with Gasteiger partial charge in [0, 0.05) is 19.4 Å². The van der Waals surface area contributed by atoms with Crippen molar-refractivity contribution in [2.75, 3.05) is 7.05 Å². The Morgan fingerprint density at radius 1 is 1.35 bits per heavy atom. The molecule has 17 heavy (non-hydrogen) atoms. The molecule has 2 aromatic heterocycles. The second kappa shape index (κ2) is 5.10. The molecule has 4 heteroatoms. The minimum absolute atomic E-state index is 0.0487. The quantitative estimate of drug-likeness (QED) is 0.834. The lowest BCUT2D eigenvalue weighted by Crippen LogP contribution is -2.29. The maximum Gasteiger partial charge on any atom is 0.264 e. The van der Waals surface area contributed by atoms with Gasteiger partial charge in [-0.05, 0) is 36.1 Å². The van der Waals surface area contributed by atoms with Crippen LogP contribution in [0.3, 0.4) is 0 Å². The number of thiophene rings is 1. The zero-order chi connectivity index (χ0) is 12.3. The van der Waals surface area contributed by atoms with Crippen molar-refractivity contribution in [1.82, 2.24) is 9.88 Å². The van der Waals surface area contributed by atoms with Crippen LogP contribution in [-0.2, 0) is 0 Å². The molecule has 0 bridgehead atoms. The maximum absolute atomic E-state index is 12.1. The predicted molar refractivity (Wildman–Crippen MR) is 69.1 cm³/mol. The van der Waals surface area contributed by atoms with Gasteiger partial charge in [0.2, 0.25) is 0 Å². The first kappa shape index (κ1) is 11.8. The molecule has 2 heterocycles. The van der Waals surface area contributed by atoms with E-state index in [-0.39, 0.29) is 11.9 Å². The molecule has 0 aliphatic carbocycles.